The van der Waals surface area contributed by atoms with Crippen LogP contribution in [0.15, 0.2) is 48.5 Å². The third-order valence-electron chi connectivity index (χ3n) is 2.73. The summed E-state index contributed by atoms with van der Waals surface area (Å²) in [5.74, 6) is -0.844. The molecule has 2 aromatic rings. The van der Waals surface area contributed by atoms with Crippen molar-refractivity contribution in [3.05, 3.63) is 71.0 Å². The first-order valence-corrected chi connectivity index (χ1v) is 5.75. The normalized spacial score (nSPS) is 10.1. The van der Waals surface area contributed by atoms with Crippen LogP contribution in [0.5, 0.6) is 0 Å². The van der Waals surface area contributed by atoms with Gasteiger partial charge in [0.2, 0.25) is 0 Å². The zero-order valence-electron chi connectivity index (χ0n) is 10.1. The molecule has 3 heteroatoms. The molecule has 1 amide bonds. The van der Waals surface area contributed by atoms with Crippen LogP contribution in [0.4, 0.5) is 4.39 Å². The van der Waals surface area contributed by atoms with E-state index in [9.17, 15) is 9.18 Å². The number of halogens is 1. The number of rotatable bonds is 3. The molecule has 0 aromatic heterocycles. The molecule has 0 aliphatic rings. The lowest BCUT2D eigenvalue weighted by molar-refractivity contribution is 0.0946. The molecule has 0 saturated heterocycles. The van der Waals surface area contributed by atoms with Gasteiger partial charge in [0, 0.05) is 6.54 Å². The van der Waals surface area contributed by atoms with Crippen molar-refractivity contribution >= 4 is 5.91 Å². The summed E-state index contributed by atoms with van der Waals surface area (Å²) in [6.07, 6.45) is 0. The van der Waals surface area contributed by atoms with Crippen molar-refractivity contribution < 1.29 is 9.18 Å². The number of carbonyl (C=O) groups is 1. The van der Waals surface area contributed by atoms with Crippen molar-refractivity contribution in [1.82, 2.24) is 5.32 Å². The van der Waals surface area contributed by atoms with Crippen LogP contribution in [0.2, 0.25) is 0 Å². The molecule has 0 bridgehead atoms. The molecule has 0 spiro atoms. The molecular weight excluding hydrogens is 229 g/mol. The predicted molar refractivity (Wildman–Crippen MR) is 68.7 cm³/mol. The van der Waals surface area contributed by atoms with Crippen molar-refractivity contribution in [1.29, 1.82) is 0 Å². The van der Waals surface area contributed by atoms with Gasteiger partial charge in [0.1, 0.15) is 5.82 Å². The second-order valence-corrected chi connectivity index (χ2v) is 4.10. The van der Waals surface area contributed by atoms with E-state index in [1.54, 1.807) is 19.1 Å². The standard InChI is InChI=1S/C15H14FNO/c1-11-6-5-9-13(14(11)16)15(18)17-10-12-7-3-2-4-8-12/h2-9H,10H2,1H3,(H,17,18). The van der Waals surface area contributed by atoms with Crippen molar-refractivity contribution in [2.45, 2.75) is 13.5 Å². The van der Waals surface area contributed by atoms with Crippen LogP contribution in [0, 0.1) is 12.7 Å². The smallest absolute Gasteiger partial charge is 0.254 e. The zero-order valence-corrected chi connectivity index (χ0v) is 10.1. The number of carbonyl (C=O) groups excluding carboxylic acids is 1. The van der Waals surface area contributed by atoms with Crippen molar-refractivity contribution in [3.8, 4) is 0 Å². The van der Waals surface area contributed by atoms with E-state index in [0.717, 1.165) is 5.56 Å². The van der Waals surface area contributed by atoms with Gasteiger partial charge < -0.3 is 5.32 Å². The Bertz CT molecular complexity index is 552. The molecule has 0 fully saturated rings. The van der Waals surface area contributed by atoms with Gasteiger partial charge in [-0.05, 0) is 24.1 Å². The minimum absolute atomic E-state index is 0.0888. The van der Waals surface area contributed by atoms with Crippen molar-refractivity contribution in [3.63, 3.8) is 0 Å². The Hall–Kier alpha value is -2.16. The Morgan fingerprint density at radius 1 is 1.11 bits per heavy atom. The van der Waals surface area contributed by atoms with E-state index < -0.39 is 5.82 Å². The summed E-state index contributed by atoms with van der Waals surface area (Å²) < 4.78 is 13.7. The summed E-state index contributed by atoms with van der Waals surface area (Å²) in [5.41, 5.74) is 1.55. The van der Waals surface area contributed by atoms with Gasteiger partial charge in [0.25, 0.3) is 5.91 Å². The summed E-state index contributed by atoms with van der Waals surface area (Å²) in [4.78, 5) is 11.8. The van der Waals surface area contributed by atoms with Crippen molar-refractivity contribution in [2.75, 3.05) is 0 Å². The molecule has 1 N–H and O–H groups in total. The lowest BCUT2D eigenvalue weighted by Gasteiger charge is -2.07. The third kappa shape index (κ3) is 2.74. The number of aryl methyl sites for hydroxylation is 1. The number of amides is 1. The Balaban J connectivity index is 2.07. The van der Waals surface area contributed by atoms with E-state index in [0.29, 0.717) is 12.1 Å². The Kier molecular flexibility index (Phi) is 3.72. The molecule has 0 aliphatic carbocycles. The highest BCUT2D eigenvalue weighted by molar-refractivity contribution is 5.94. The molecule has 2 aromatic carbocycles. The molecule has 0 aliphatic heterocycles. The zero-order chi connectivity index (χ0) is 13.0. The highest BCUT2D eigenvalue weighted by atomic mass is 19.1. The molecule has 2 nitrogen and oxygen atoms in total. The lowest BCUT2D eigenvalue weighted by Crippen LogP contribution is -2.24. The van der Waals surface area contributed by atoms with Gasteiger partial charge in [0.15, 0.2) is 0 Å². The number of hydrogen-bond acceptors (Lipinski definition) is 1. The van der Waals surface area contributed by atoms with Gasteiger partial charge >= 0.3 is 0 Å². The lowest BCUT2D eigenvalue weighted by atomic mass is 10.1. The van der Waals surface area contributed by atoms with Crippen LogP contribution < -0.4 is 5.32 Å². The number of hydrogen-bond donors (Lipinski definition) is 1. The number of benzene rings is 2. The highest BCUT2D eigenvalue weighted by Gasteiger charge is 2.12. The van der Waals surface area contributed by atoms with Gasteiger partial charge in [0.05, 0.1) is 5.56 Å². The summed E-state index contributed by atoms with van der Waals surface area (Å²) in [6, 6.07) is 14.3. The molecule has 92 valence electrons. The maximum atomic E-state index is 13.7. The van der Waals surface area contributed by atoms with E-state index in [4.69, 9.17) is 0 Å². The first-order chi connectivity index (χ1) is 8.68. The maximum absolute atomic E-state index is 13.7. The minimum atomic E-state index is -0.455. The monoisotopic (exact) mass is 243 g/mol. The molecule has 0 saturated carbocycles. The second-order valence-electron chi connectivity index (χ2n) is 4.10. The SMILES string of the molecule is Cc1cccc(C(=O)NCc2ccccc2)c1F. The van der Waals surface area contributed by atoms with Gasteiger partial charge in [-0.25, -0.2) is 4.39 Å². The average molecular weight is 243 g/mol. The molecule has 0 atom stereocenters. The van der Waals surface area contributed by atoms with Gasteiger partial charge in [-0.3, -0.25) is 4.79 Å². The summed E-state index contributed by atoms with van der Waals surface area (Å²) in [7, 11) is 0. The molecular formula is C15H14FNO. The van der Waals surface area contributed by atoms with Crippen LogP contribution in [0.1, 0.15) is 21.5 Å². The topological polar surface area (TPSA) is 29.1 Å². The van der Waals surface area contributed by atoms with E-state index >= 15 is 0 Å². The van der Waals surface area contributed by atoms with E-state index in [-0.39, 0.29) is 11.5 Å². The van der Waals surface area contributed by atoms with Crippen LogP contribution >= 0.6 is 0 Å². The fourth-order valence-electron chi connectivity index (χ4n) is 1.70. The Labute approximate surface area is 105 Å². The predicted octanol–water partition coefficient (Wildman–Crippen LogP) is 3.06. The fraction of sp³-hybridized carbons (Fsp3) is 0.133. The maximum Gasteiger partial charge on any atom is 0.254 e. The van der Waals surface area contributed by atoms with Gasteiger partial charge in [-0.15, -0.1) is 0 Å². The van der Waals surface area contributed by atoms with E-state index in [1.165, 1.54) is 6.07 Å². The molecule has 18 heavy (non-hydrogen) atoms. The van der Waals surface area contributed by atoms with E-state index in [2.05, 4.69) is 5.32 Å². The molecule has 0 unspecified atom stereocenters. The highest BCUT2D eigenvalue weighted by Crippen LogP contribution is 2.11. The van der Waals surface area contributed by atoms with Crippen LogP contribution in [-0.2, 0) is 6.54 Å². The summed E-state index contributed by atoms with van der Waals surface area (Å²) >= 11 is 0. The summed E-state index contributed by atoms with van der Waals surface area (Å²) in [5, 5.41) is 2.70. The minimum Gasteiger partial charge on any atom is -0.348 e. The second kappa shape index (κ2) is 5.45. The summed E-state index contributed by atoms with van der Waals surface area (Å²) in [6.45, 7) is 2.04. The van der Waals surface area contributed by atoms with Crippen LogP contribution in [-0.4, -0.2) is 5.91 Å². The average Bonchev–Trinajstić information content (AvgIpc) is 2.40. The number of nitrogens with one attached hydrogen (secondary N) is 1. The van der Waals surface area contributed by atoms with Gasteiger partial charge in [-0.1, -0.05) is 42.5 Å². The van der Waals surface area contributed by atoms with Crippen molar-refractivity contribution in [2.24, 2.45) is 0 Å². The first kappa shape index (κ1) is 12.3. The molecule has 2 rings (SSSR count). The van der Waals surface area contributed by atoms with Crippen LogP contribution in [0.25, 0.3) is 0 Å². The fourth-order valence-corrected chi connectivity index (χ4v) is 1.70. The van der Waals surface area contributed by atoms with Crippen LogP contribution in [0.3, 0.4) is 0 Å². The molecule has 0 heterocycles. The Morgan fingerprint density at radius 2 is 1.83 bits per heavy atom. The van der Waals surface area contributed by atoms with Gasteiger partial charge in [-0.2, -0.15) is 0 Å². The largest absolute Gasteiger partial charge is 0.348 e. The third-order valence-corrected chi connectivity index (χ3v) is 2.73. The first-order valence-electron chi connectivity index (χ1n) is 5.75. The molecule has 0 radical (unpaired) electrons. The van der Waals surface area contributed by atoms with E-state index in [1.807, 2.05) is 30.3 Å². The Morgan fingerprint density at radius 3 is 2.56 bits per heavy atom. The quantitative estimate of drug-likeness (QED) is 0.882.